The number of amides is 3. The molecule has 2 aliphatic rings. The fourth-order valence-electron chi connectivity index (χ4n) is 5.58. The van der Waals surface area contributed by atoms with E-state index in [1.807, 2.05) is 74.2 Å². The third-order valence-electron chi connectivity index (χ3n) is 7.56. The van der Waals surface area contributed by atoms with Crippen molar-refractivity contribution in [2.75, 3.05) is 17.5 Å². The molecule has 2 atom stereocenters. The third-order valence-corrected chi connectivity index (χ3v) is 8.17. The molecule has 3 N–H and O–H groups in total. The van der Waals surface area contributed by atoms with E-state index in [0.29, 0.717) is 31.7 Å². The second-order valence-electron chi connectivity index (χ2n) is 12.1. The quantitative estimate of drug-likeness (QED) is 0.369. The van der Waals surface area contributed by atoms with Gasteiger partial charge in [-0.1, -0.05) is 54.6 Å². The predicted octanol–water partition coefficient (Wildman–Crippen LogP) is 5.01. The number of anilines is 1. The van der Waals surface area contributed by atoms with Crippen molar-refractivity contribution in [3.8, 4) is 11.1 Å². The van der Waals surface area contributed by atoms with E-state index in [-0.39, 0.29) is 29.3 Å². The Kier molecular flexibility index (Phi) is 7.83. The number of sulfonamides is 1. The highest BCUT2D eigenvalue weighted by molar-refractivity contribution is 7.92. The number of rotatable bonds is 7. The molecule has 8 nitrogen and oxygen atoms in total. The minimum absolute atomic E-state index is 0.0216. The van der Waals surface area contributed by atoms with Gasteiger partial charge in [0.05, 0.1) is 6.26 Å². The van der Waals surface area contributed by atoms with Crippen molar-refractivity contribution in [1.29, 1.82) is 0 Å². The highest BCUT2D eigenvalue weighted by Crippen LogP contribution is 2.47. The molecular weight excluding hydrogens is 536 g/mol. The largest absolute Gasteiger partial charge is 0.352 e. The molecule has 1 aliphatic heterocycles. The lowest BCUT2D eigenvalue weighted by Crippen LogP contribution is -2.50. The number of fused-ring (bicyclic) bond motifs is 1. The van der Waals surface area contributed by atoms with Crippen LogP contribution in [0.15, 0.2) is 66.7 Å². The van der Waals surface area contributed by atoms with Gasteiger partial charge in [-0.15, -0.1) is 0 Å². The van der Waals surface area contributed by atoms with E-state index < -0.39 is 10.0 Å². The fraction of sp³-hybridized carbons (Fsp3) is 0.375. The molecule has 0 spiro atoms. The molecule has 1 aliphatic carbocycles. The molecule has 3 amide bonds. The first kappa shape index (κ1) is 28.7. The van der Waals surface area contributed by atoms with Gasteiger partial charge >= 0.3 is 6.03 Å². The molecule has 3 aromatic rings. The SMILES string of the molecule is CC(C)(C)NC(=O)N1CCc2c(-c3cccc(NS(C)(=O)=O)c3)ccc(CNC(=O)C3CC3c3ccccc3)c2C1. The van der Waals surface area contributed by atoms with Crippen LogP contribution in [-0.4, -0.2) is 43.6 Å². The normalized spacial score (nSPS) is 18.3. The summed E-state index contributed by atoms with van der Waals surface area (Å²) in [5.41, 5.74) is 6.33. The Bertz CT molecular complexity index is 1560. The second-order valence-corrected chi connectivity index (χ2v) is 13.9. The molecule has 41 heavy (non-hydrogen) atoms. The van der Waals surface area contributed by atoms with Crippen LogP contribution < -0.4 is 15.4 Å². The first-order chi connectivity index (χ1) is 19.4. The first-order valence-electron chi connectivity index (χ1n) is 14.0. The van der Waals surface area contributed by atoms with Crippen LogP contribution in [0, 0.1) is 5.92 Å². The van der Waals surface area contributed by atoms with Crippen LogP contribution in [0.1, 0.15) is 55.4 Å². The number of hydrogen-bond donors (Lipinski definition) is 3. The molecular formula is C32H38N4O4S. The van der Waals surface area contributed by atoms with Crippen molar-refractivity contribution in [1.82, 2.24) is 15.5 Å². The van der Waals surface area contributed by atoms with Gasteiger partial charge in [0.1, 0.15) is 0 Å². The van der Waals surface area contributed by atoms with Crippen LogP contribution in [0.2, 0.25) is 0 Å². The monoisotopic (exact) mass is 574 g/mol. The van der Waals surface area contributed by atoms with Gasteiger partial charge in [0.15, 0.2) is 0 Å². The summed E-state index contributed by atoms with van der Waals surface area (Å²) in [4.78, 5) is 28.0. The summed E-state index contributed by atoms with van der Waals surface area (Å²) in [5, 5.41) is 6.21. The summed E-state index contributed by atoms with van der Waals surface area (Å²) in [7, 11) is -3.41. The van der Waals surface area contributed by atoms with Crippen molar-refractivity contribution in [2.24, 2.45) is 5.92 Å². The molecule has 1 fully saturated rings. The van der Waals surface area contributed by atoms with Crippen LogP contribution in [0.25, 0.3) is 11.1 Å². The van der Waals surface area contributed by atoms with E-state index in [4.69, 9.17) is 0 Å². The van der Waals surface area contributed by atoms with Gasteiger partial charge in [0, 0.05) is 36.8 Å². The molecule has 0 saturated heterocycles. The number of hydrogen-bond acceptors (Lipinski definition) is 4. The minimum atomic E-state index is -3.41. The molecule has 0 radical (unpaired) electrons. The first-order valence-corrected chi connectivity index (χ1v) is 15.9. The predicted molar refractivity (Wildman–Crippen MR) is 162 cm³/mol. The van der Waals surface area contributed by atoms with E-state index >= 15 is 0 Å². The number of nitrogens with one attached hydrogen (secondary N) is 3. The maximum absolute atomic E-state index is 13.1. The Hall–Kier alpha value is -3.85. The standard InChI is InChI=1S/C32H38N4O4S/c1-32(2,3)34-31(38)36-16-15-26-25(22-11-8-12-24(17-22)35-41(4,39)40)14-13-23(29(26)20-36)19-33-30(37)28-18-27(28)21-9-6-5-7-10-21/h5-14,17,27-28,35H,15-16,18-20H2,1-4H3,(H,33,37)(H,34,38). The Morgan fingerprint density at radius 2 is 1.73 bits per heavy atom. The van der Waals surface area contributed by atoms with E-state index in [1.165, 1.54) is 5.56 Å². The topological polar surface area (TPSA) is 108 Å². The summed E-state index contributed by atoms with van der Waals surface area (Å²) < 4.78 is 26.2. The molecule has 3 aromatic carbocycles. The van der Waals surface area contributed by atoms with E-state index in [1.54, 1.807) is 6.07 Å². The van der Waals surface area contributed by atoms with E-state index in [0.717, 1.165) is 40.5 Å². The van der Waals surface area contributed by atoms with Gasteiger partial charge in [-0.2, -0.15) is 0 Å². The lowest BCUT2D eigenvalue weighted by atomic mass is 9.87. The number of carbonyl (C=O) groups is 2. The Morgan fingerprint density at radius 1 is 0.976 bits per heavy atom. The molecule has 0 bridgehead atoms. The summed E-state index contributed by atoms with van der Waals surface area (Å²) in [6.07, 6.45) is 2.63. The molecule has 1 heterocycles. The van der Waals surface area contributed by atoms with Crippen molar-refractivity contribution < 1.29 is 18.0 Å². The lowest BCUT2D eigenvalue weighted by molar-refractivity contribution is -0.122. The number of urea groups is 1. The summed E-state index contributed by atoms with van der Waals surface area (Å²) in [6.45, 7) is 7.23. The van der Waals surface area contributed by atoms with Gasteiger partial charge in [-0.05, 0) is 85.0 Å². The lowest BCUT2D eigenvalue weighted by Gasteiger charge is -2.34. The highest BCUT2D eigenvalue weighted by Gasteiger charge is 2.43. The second kappa shape index (κ2) is 11.2. The smallest absolute Gasteiger partial charge is 0.318 e. The van der Waals surface area contributed by atoms with Gasteiger partial charge in [-0.25, -0.2) is 13.2 Å². The summed E-state index contributed by atoms with van der Waals surface area (Å²) in [5.74, 6) is 0.290. The molecule has 216 valence electrons. The average molecular weight is 575 g/mol. The summed E-state index contributed by atoms with van der Waals surface area (Å²) >= 11 is 0. The zero-order chi connectivity index (χ0) is 29.4. The van der Waals surface area contributed by atoms with Gasteiger partial charge in [0.25, 0.3) is 0 Å². The molecule has 1 saturated carbocycles. The Labute approximate surface area is 242 Å². The van der Waals surface area contributed by atoms with Gasteiger partial charge in [-0.3, -0.25) is 9.52 Å². The summed E-state index contributed by atoms with van der Waals surface area (Å²) in [6, 6.07) is 21.4. The van der Waals surface area contributed by atoms with Crippen molar-refractivity contribution >= 4 is 27.6 Å². The fourth-order valence-corrected chi connectivity index (χ4v) is 6.14. The van der Waals surface area contributed by atoms with Crippen LogP contribution >= 0.6 is 0 Å². The Balaban J connectivity index is 1.41. The van der Waals surface area contributed by atoms with Crippen molar-refractivity contribution in [3.63, 3.8) is 0 Å². The van der Waals surface area contributed by atoms with Crippen LogP contribution in [0.4, 0.5) is 10.5 Å². The van der Waals surface area contributed by atoms with Crippen LogP contribution in [-0.2, 0) is 34.3 Å². The highest BCUT2D eigenvalue weighted by atomic mass is 32.2. The van der Waals surface area contributed by atoms with Gasteiger partial charge in [0.2, 0.25) is 15.9 Å². The Morgan fingerprint density at radius 3 is 2.44 bits per heavy atom. The zero-order valence-corrected chi connectivity index (χ0v) is 24.8. The van der Waals surface area contributed by atoms with Crippen molar-refractivity contribution in [2.45, 2.75) is 58.2 Å². The van der Waals surface area contributed by atoms with E-state index in [9.17, 15) is 18.0 Å². The molecule has 9 heteroatoms. The van der Waals surface area contributed by atoms with E-state index in [2.05, 4.69) is 27.5 Å². The van der Waals surface area contributed by atoms with Crippen LogP contribution in [0.3, 0.4) is 0 Å². The maximum atomic E-state index is 13.1. The average Bonchev–Trinajstić information content (AvgIpc) is 3.71. The van der Waals surface area contributed by atoms with Crippen molar-refractivity contribution in [3.05, 3.63) is 89.0 Å². The van der Waals surface area contributed by atoms with Crippen LogP contribution in [0.5, 0.6) is 0 Å². The zero-order valence-electron chi connectivity index (χ0n) is 24.0. The molecule has 5 rings (SSSR count). The molecule has 2 unspecified atom stereocenters. The molecule has 0 aromatic heterocycles. The maximum Gasteiger partial charge on any atom is 0.318 e. The number of carbonyl (C=O) groups excluding carboxylic acids is 2. The minimum Gasteiger partial charge on any atom is -0.352 e. The number of benzene rings is 3. The third kappa shape index (κ3) is 7.08. The number of nitrogens with zero attached hydrogens (tertiary/aromatic N) is 1. The van der Waals surface area contributed by atoms with Gasteiger partial charge < -0.3 is 15.5 Å².